The Morgan fingerprint density at radius 3 is 2.29 bits per heavy atom. The summed E-state index contributed by atoms with van der Waals surface area (Å²) in [5.41, 5.74) is 3.02. The molecule has 4 rings (SSSR count). The van der Waals surface area contributed by atoms with E-state index in [1.807, 2.05) is 61.5 Å². The lowest BCUT2D eigenvalue weighted by Crippen LogP contribution is -2.52. The van der Waals surface area contributed by atoms with Crippen LogP contribution in [0.25, 0.3) is 0 Å². The highest BCUT2D eigenvalue weighted by Gasteiger charge is 2.33. The number of nitrogens with one attached hydrogen (secondary N) is 1. The van der Waals surface area contributed by atoms with Gasteiger partial charge in [-0.15, -0.1) is 0 Å². The first-order chi connectivity index (χ1) is 18.2. The van der Waals surface area contributed by atoms with Gasteiger partial charge in [-0.3, -0.25) is 13.9 Å². The van der Waals surface area contributed by atoms with Gasteiger partial charge in [-0.05, 0) is 30.2 Å². The normalized spacial score (nSPS) is 13.0. The van der Waals surface area contributed by atoms with Gasteiger partial charge in [-0.25, -0.2) is 8.42 Å². The maximum Gasteiger partial charge on any atom is 0.244 e. The van der Waals surface area contributed by atoms with Crippen LogP contribution in [0.4, 0.5) is 5.69 Å². The van der Waals surface area contributed by atoms with Gasteiger partial charge in [0.2, 0.25) is 28.6 Å². The molecule has 0 radical (unpaired) electrons. The van der Waals surface area contributed by atoms with Crippen LogP contribution in [-0.4, -0.2) is 57.8 Å². The highest BCUT2D eigenvalue weighted by atomic mass is 32.2. The lowest BCUT2D eigenvalue weighted by Gasteiger charge is -2.33. The van der Waals surface area contributed by atoms with E-state index in [0.29, 0.717) is 11.5 Å². The Kier molecular flexibility index (Phi) is 8.21. The second kappa shape index (κ2) is 11.6. The van der Waals surface area contributed by atoms with Crippen LogP contribution in [0, 0.1) is 6.92 Å². The van der Waals surface area contributed by atoms with Gasteiger partial charge in [-0.1, -0.05) is 60.2 Å². The number of anilines is 1. The highest BCUT2D eigenvalue weighted by Crippen LogP contribution is 2.36. The van der Waals surface area contributed by atoms with E-state index in [0.717, 1.165) is 27.3 Å². The van der Waals surface area contributed by atoms with Gasteiger partial charge in [0.25, 0.3) is 0 Å². The van der Waals surface area contributed by atoms with E-state index in [4.69, 9.17) is 9.47 Å². The van der Waals surface area contributed by atoms with Gasteiger partial charge in [0, 0.05) is 26.1 Å². The van der Waals surface area contributed by atoms with Crippen molar-refractivity contribution in [1.82, 2.24) is 10.2 Å². The maximum atomic E-state index is 13.9. The molecule has 0 aliphatic carbocycles. The Bertz CT molecular complexity index is 1390. The molecule has 1 heterocycles. The van der Waals surface area contributed by atoms with E-state index >= 15 is 0 Å². The van der Waals surface area contributed by atoms with Crippen LogP contribution in [0.15, 0.2) is 72.8 Å². The lowest BCUT2D eigenvalue weighted by molar-refractivity contribution is -0.139. The number of carbonyl (C=O) groups is 2. The van der Waals surface area contributed by atoms with Gasteiger partial charge >= 0.3 is 0 Å². The van der Waals surface area contributed by atoms with Crippen molar-refractivity contribution >= 4 is 27.5 Å². The van der Waals surface area contributed by atoms with Crippen LogP contribution in [0.5, 0.6) is 11.5 Å². The molecular weight excluding hydrogens is 506 g/mol. The maximum absolute atomic E-state index is 13.9. The molecule has 3 aromatic rings. The van der Waals surface area contributed by atoms with Crippen molar-refractivity contribution in [2.75, 3.05) is 30.9 Å². The van der Waals surface area contributed by atoms with Crippen LogP contribution < -0.4 is 19.1 Å². The molecule has 1 aliphatic heterocycles. The van der Waals surface area contributed by atoms with Crippen molar-refractivity contribution in [3.63, 3.8) is 0 Å². The van der Waals surface area contributed by atoms with Crippen molar-refractivity contribution in [2.24, 2.45) is 0 Å². The molecule has 10 heteroatoms. The van der Waals surface area contributed by atoms with E-state index in [1.165, 1.54) is 18.0 Å². The fourth-order valence-corrected chi connectivity index (χ4v) is 5.11. The van der Waals surface area contributed by atoms with E-state index < -0.39 is 28.5 Å². The average Bonchev–Trinajstić information content (AvgIpc) is 3.37. The number of ether oxygens (including phenoxy) is 2. The minimum atomic E-state index is -3.86. The number of sulfonamides is 1. The third kappa shape index (κ3) is 6.44. The zero-order valence-corrected chi connectivity index (χ0v) is 22.4. The Balaban J connectivity index is 1.70. The molecule has 200 valence electrons. The number of aryl methyl sites for hydroxylation is 1. The number of likely N-dealkylation sites (N-methyl/N-ethyl adjacent to an activating group) is 1. The molecule has 0 saturated heterocycles. The molecule has 1 atom stereocenters. The van der Waals surface area contributed by atoms with Gasteiger partial charge in [0.1, 0.15) is 12.6 Å². The molecule has 2 amide bonds. The summed E-state index contributed by atoms with van der Waals surface area (Å²) < 4.78 is 37.4. The van der Waals surface area contributed by atoms with Crippen molar-refractivity contribution in [2.45, 2.75) is 25.9 Å². The van der Waals surface area contributed by atoms with Crippen LogP contribution in [0.3, 0.4) is 0 Å². The fourth-order valence-electron chi connectivity index (χ4n) is 4.26. The van der Waals surface area contributed by atoms with E-state index in [1.54, 1.807) is 12.1 Å². The number of benzene rings is 3. The molecule has 0 aromatic heterocycles. The first-order valence-corrected chi connectivity index (χ1v) is 14.0. The number of hydrogen-bond acceptors (Lipinski definition) is 6. The Hall–Kier alpha value is -4.05. The summed E-state index contributed by atoms with van der Waals surface area (Å²) in [6, 6.07) is 20.9. The Morgan fingerprint density at radius 2 is 1.63 bits per heavy atom. The first-order valence-electron chi connectivity index (χ1n) is 12.1. The predicted octanol–water partition coefficient (Wildman–Crippen LogP) is 2.88. The second-order valence-corrected chi connectivity index (χ2v) is 11.0. The first kappa shape index (κ1) is 27.0. The summed E-state index contributed by atoms with van der Waals surface area (Å²) >= 11 is 0. The van der Waals surface area contributed by atoms with Gasteiger partial charge < -0.3 is 19.7 Å². The molecule has 9 nitrogen and oxygen atoms in total. The second-order valence-electron chi connectivity index (χ2n) is 9.13. The van der Waals surface area contributed by atoms with E-state index in [-0.39, 0.29) is 31.4 Å². The van der Waals surface area contributed by atoms with E-state index in [9.17, 15) is 18.0 Å². The topological polar surface area (TPSA) is 105 Å². The van der Waals surface area contributed by atoms with Crippen molar-refractivity contribution in [1.29, 1.82) is 0 Å². The molecule has 0 spiro atoms. The fraction of sp³-hybridized carbons (Fsp3) is 0.286. The third-order valence-electron chi connectivity index (χ3n) is 6.31. The molecule has 0 saturated carbocycles. The van der Waals surface area contributed by atoms with Gasteiger partial charge in [-0.2, -0.15) is 0 Å². The van der Waals surface area contributed by atoms with Crippen LogP contribution >= 0.6 is 0 Å². The predicted molar refractivity (Wildman–Crippen MR) is 144 cm³/mol. The number of fused-ring (bicyclic) bond motifs is 1. The standard InChI is InChI=1S/C28H31N3O6S/c1-20-9-11-22(12-10-20)17-30(24(28(33)29-2)15-21-7-5-4-6-8-21)27(32)18-31(38(3,34)35)23-13-14-25-26(16-23)37-19-36-25/h4-14,16,24H,15,17-19H2,1-3H3,(H,29,33)/t24-/m0/s1. The van der Waals surface area contributed by atoms with Crippen molar-refractivity contribution in [3.8, 4) is 11.5 Å². The molecule has 1 N–H and O–H groups in total. The van der Waals surface area contributed by atoms with Gasteiger partial charge in [0.15, 0.2) is 11.5 Å². The van der Waals surface area contributed by atoms with E-state index in [2.05, 4.69) is 5.32 Å². The summed E-state index contributed by atoms with van der Waals surface area (Å²) in [5, 5.41) is 2.66. The summed E-state index contributed by atoms with van der Waals surface area (Å²) in [5.74, 6) is 0.0333. The molecule has 0 fully saturated rings. The summed E-state index contributed by atoms with van der Waals surface area (Å²) in [6.07, 6.45) is 1.30. The van der Waals surface area contributed by atoms with Gasteiger partial charge in [0.05, 0.1) is 11.9 Å². The Labute approximate surface area is 223 Å². The molecule has 3 aromatic carbocycles. The zero-order chi connectivity index (χ0) is 27.3. The minimum Gasteiger partial charge on any atom is -0.454 e. The Morgan fingerprint density at radius 1 is 0.947 bits per heavy atom. The van der Waals surface area contributed by atoms with Crippen LogP contribution in [-0.2, 0) is 32.6 Å². The van der Waals surface area contributed by atoms with Crippen LogP contribution in [0.2, 0.25) is 0 Å². The molecule has 0 bridgehead atoms. The minimum absolute atomic E-state index is 0.0359. The summed E-state index contributed by atoms with van der Waals surface area (Å²) in [6.45, 7) is 1.63. The molecule has 1 aliphatic rings. The van der Waals surface area contributed by atoms with Crippen molar-refractivity contribution < 1.29 is 27.5 Å². The monoisotopic (exact) mass is 537 g/mol. The van der Waals surface area contributed by atoms with Crippen LogP contribution in [0.1, 0.15) is 16.7 Å². The van der Waals surface area contributed by atoms with Crippen molar-refractivity contribution in [3.05, 3.63) is 89.5 Å². The zero-order valence-electron chi connectivity index (χ0n) is 21.6. The smallest absolute Gasteiger partial charge is 0.244 e. The largest absolute Gasteiger partial charge is 0.454 e. The number of carbonyl (C=O) groups excluding carboxylic acids is 2. The molecule has 38 heavy (non-hydrogen) atoms. The average molecular weight is 538 g/mol. The molecular formula is C28H31N3O6S. The number of rotatable bonds is 10. The third-order valence-corrected chi connectivity index (χ3v) is 7.45. The quantitative estimate of drug-likeness (QED) is 0.427. The number of amides is 2. The number of hydrogen-bond donors (Lipinski definition) is 1. The summed E-state index contributed by atoms with van der Waals surface area (Å²) in [4.78, 5) is 28.5. The SMILES string of the molecule is CNC(=O)[C@H](Cc1ccccc1)N(Cc1ccc(C)cc1)C(=O)CN(c1ccc2c(c1)OCO2)S(C)(=O)=O. The summed E-state index contributed by atoms with van der Waals surface area (Å²) in [7, 11) is -2.35. The molecule has 0 unspecified atom stereocenters. The lowest BCUT2D eigenvalue weighted by atomic mass is 10.0. The highest BCUT2D eigenvalue weighted by molar-refractivity contribution is 7.92. The number of nitrogens with zero attached hydrogens (tertiary/aromatic N) is 2.